The predicted molar refractivity (Wildman–Crippen MR) is 73.2 cm³/mol. The second kappa shape index (κ2) is 6.81. The Hall–Kier alpha value is -2.21. The molecule has 1 amide bonds. The molecule has 0 bridgehead atoms. The van der Waals surface area contributed by atoms with E-state index in [1.807, 2.05) is 6.07 Å². The molecule has 6 heteroatoms. The molecule has 0 fully saturated rings. The molecule has 0 saturated carbocycles. The van der Waals surface area contributed by atoms with Gasteiger partial charge < -0.3 is 14.2 Å². The summed E-state index contributed by atoms with van der Waals surface area (Å²) in [6.07, 6.45) is 4.12. The molecule has 2 rings (SSSR count). The van der Waals surface area contributed by atoms with E-state index in [2.05, 4.69) is 10.1 Å². The van der Waals surface area contributed by atoms with Crippen molar-refractivity contribution in [3.8, 4) is 11.3 Å². The minimum atomic E-state index is -0.167. The number of carbonyl (C=O) groups excluding carboxylic acids is 1. The highest BCUT2D eigenvalue weighted by Crippen LogP contribution is 2.19. The first kappa shape index (κ1) is 14.2. The topological polar surface area (TPSA) is 68.5 Å². The van der Waals surface area contributed by atoms with E-state index in [0.29, 0.717) is 24.6 Å². The third-order valence-corrected chi connectivity index (χ3v) is 2.86. The molecule has 106 valence electrons. The van der Waals surface area contributed by atoms with Crippen LogP contribution in [-0.4, -0.2) is 48.3 Å². The van der Waals surface area contributed by atoms with E-state index in [-0.39, 0.29) is 5.91 Å². The van der Waals surface area contributed by atoms with Gasteiger partial charge in [0.1, 0.15) is 0 Å². The Morgan fingerprint density at radius 2 is 2.35 bits per heavy atom. The van der Waals surface area contributed by atoms with E-state index in [1.165, 1.54) is 0 Å². The SMILES string of the molecule is COCCCN(C)C(=O)c1cc(-c2cccnc2)on1. The zero-order chi connectivity index (χ0) is 14.4. The Labute approximate surface area is 117 Å². The monoisotopic (exact) mass is 275 g/mol. The molecule has 20 heavy (non-hydrogen) atoms. The molecule has 0 aromatic carbocycles. The third-order valence-electron chi connectivity index (χ3n) is 2.86. The molecule has 0 unspecified atom stereocenters. The van der Waals surface area contributed by atoms with Crippen LogP contribution in [0, 0.1) is 0 Å². The standard InChI is InChI=1S/C14H17N3O3/c1-17(7-4-8-19-2)14(18)12-9-13(20-16-12)11-5-3-6-15-10-11/h3,5-6,9-10H,4,7-8H2,1-2H3. The van der Waals surface area contributed by atoms with Crippen LogP contribution in [0.4, 0.5) is 0 Å². The van der Waals surface area contributed by atoms with E-state index in [9.17, 15) is 4.79 Å². The number of ether oxygens (including phenoxy) is 1. The molecular formula is C14H17N3O3. The summed E-state index contributed by atoms with van der Waals surface area (Å²) in [6, 6.07) is 5.28. The summed E-state index contributed by atoms with van der Waals surface area (Å²) in [4.78, 5) is 17.7. The van der Waals surface area contributed by atoms with Gasteiger partial charge in [-0.05, 0) is 18.6 Å². The van der Waals surface area contributed by atoms with Crippen molar-refractivity contribution in [2.75, 3.05) is 27.3 Å². The molecule has 6 nitrogen and oxygen atoms in total. The van der Waals surface area contributed by atoms with Crippen LogP contribution in [0.3, 0.4) is 0 Å². The molecule has 0 aliphatic heterocycles. The molecule has 0 aliphatic rings. The fourth-order valence-corrected chi connectivity index (χ4v) is 1.76. The maximum atomic E-state index is 12.1. The Morgan fingerprint density at radius 1 is 1.50 bits per heavy atom. The van der Waals surface area contributed by atoms with E-state index in [4.69, 9.17) is 9.26 Å². The van der Waals surface area contributed by atoms with Crippen LogP contribution in [0.2, 0.25) is 0 Å². The first-order valence-electron chi connectivity index (χ1n) is 6.34. The first-order valence-corrected chi connectivity index (χ1v) is 6.34. The zero-order valence-corrected chi connectivity index (χ0v) is 11.6. The highest BCUT2D eigenvalue weighted by atomic mass is 16.5. The van der Waals surface area contributed by atoms with Crippen molar-refractivity contribution in [1.29, 1.82) is 0 Å². The lowest BCUT2D eigenvalue weighted by Crippen LogP contribution is -2.28. The van der Waals surface area contributed by atoms with Crippen molar-refractivity contribution in [2.45, 2.75) is 6.42 Å². The fourth-order valence-electron chi connectivity index (χ4n) is 1.76. The summed E-state index contributed by atoms with van der Waals surface area (Å²) in [5.74, 6) is 0.367. The van der Waals surface area contributed by atoms with Gasteiger partial charge in [0.25, 0.3) is 5.91 Å². The summed E-state index contributed by atoms with van der Waals surface area (Å²) in [7, 11) is 3.37. The van der Waals surface area contributed by atoms with Crippen LogP contribution in [0.25, 0.3) is 11.3 Å². The fraction of sp³-hybridized carbons (Fsp3) is 0.357. The maximum absolute atomic E-state index is 12.1. The Morgan fingerprint density at radius 3 is 3.05 bits per heavy atom. The lowest BCUT2D eigenvalue weighted by molar-refractivity contribution is 0.0769. The van der Waals surface area contributed by atoms with E-state index >= 15 is 0 Å². The summed E-state index contributed by atoms with van der Waals surface area (Å²) in [6.45, 7) is 1.24. The van der Waals surface area contributed by atoms with Crippen LogP contribution in [0.5, 0.6) is 0 Å². The van der Waals surface area contributed by atoms with Gasteiger partial charge in [-0.2, -0.15) is 0 Å². The number of hydrogen-bond donors (Lipinski definition) is 0. The van der Waals surface area contributed by atoms with Crippen molar-refractivity contribution in [3.63, 3.8) is 0 Å². The highest BCUT2D eigenvalue weighted by molar-refractivity contribution is 5.92. The van der Waals surface area contributed by atoms with E-state index < -0.39 is 0 Å². The number of methoxy groups -OCH3 is 1. The van der Waals surface area contributed by atoms with Gasteiger partial charge in [-0.25, -0.2) is 0 Å². The summed E-state index contributed by atoms with van der Waals surface area (Å²) in [5, 5.41) is 3.82. The van der Waals surface area contributed by atoms with Crippen LogP contribution >= 0.6 is 0 Å². The van der Waals surface area contributed by atoms with Gasteiger partial charge in [-0.1, -0.05) is 5.16 Å². The minimum absolute atomic E-state index is 0.167. The normalized spacial score (nSPS) is 10.5. The average molecular weight is 275 g/mol. The number of aromatic nitrogens is 2. The molecule has 2 heterocycles. The van der Waals surface area contributed by atoms with Crippen molar-refractivity contribution in [1.82, 2.24) is 15.0 Å². The largest absolute Gasteiger partial charge is 0.385 e. The number of amides is 1. The number of hydrogen-bond acceptors (Lipinski definition) is 5. The van der Waals surface area contributed by atoms with Crippen LogP contribution in [0.1, 0.15) is 16.9 Å². The number of rotatable bonds is 6. The van der Waals surface area contributed by atoms with Crippen molar-refractivity contribution in [3.05, 3.63) is 36.3 Å². The van der Waals surface area contributed by atoms with Gasteiger partial charge in [0.2, 0.25) is 0 Å². The summed E-state index contributed by atoms with van der Waals surface area (Å²) in [5.41, 5.74) is 1.09. The molecule has 0 radical (unpaired) electrons. The predicted octanol–water partition coefficient (Wildman–Crippen LogP) is 1.85. The highest BCUT2D eigenvalue weighted by Gasteiger charge is 2.17. The smallest absolute Gasteiger partial charge is 0.275 e. The molecule has 2 aromatic heterocycles. The molecule has 0 saturated heterocycles. The lowest BCUT2D eigenvalue weighted by Gasteiger charge is -2.14. The van der Waals surface area contributed by atoms with Crippen molar-refractivity contribution in [2.24, 2.45) is 0 Å². The van der Waals surface area contributed by atoms with Crippen LogP contribution in [0.15, 0.2) is 35.1 Å². The van der Waals surface area contributed by atoms with Crippen molar-refractivity contribution >= 4 is 5.91 Å². The Balaban J connectivity index is 2.03. The number of pyridine rings is 1. The Kier molecular flexibility index (Phi) is 4.84. The minimum Gasteiger partial charge on any atom is -0.385 e. The lowest BCUT2D eigenvalue weighted by atomic mass is 10.2. The maximum Gasteiger partial charge on any atom is 0.275 e. The first-order chi connectivity index (χ1) is 9.72. The molecule has 2 aromatic rings. The van der Waals surface area contributed by atoms with E-state index in [1.54, 1.807) is 43.6 Å². The molecule has 0 N–H and O–H groups in total. The van der Waals surface area contributed by atoms with Gasteiger partial charge in [-0.3, -0.25) is 9.78 Å². The van der Waals surface area contributed by atoms with Crippen molar-refractivity contribution < 1.29 is 14.1 Å². The molecule has 0 spiro atoms. The van der Waals surface area contributed by atoms with Gasteiger partial charge in [-0.15, -0.1) is 0 Å². The van der Waals surface area contributed by atoms with Gasteiger partial charge in [0.05, 0.1) is 0 Å². The second-order valence-electron chi connectivity index (χ2n) is 4.39. The quantitative estimate of drug-likeness (QED) is 0.752. The second-order valence-corrected chi connectivity index (χ2v) is 4.39. The number of nitrogens with zero attached hydrogens (tertiary/aromatic N) is 3. The third kappa shape index (κ3) is 3.42. The van der Waals surface area contributed by atoms with Gasteiger partial charge >= 0.3 is 0 Å². The molecular weight excluding hydrogens is 258 g/mol. The van der Waals surface area contributed by atoms with Gasteiger partial charge in [0, 0.05) is 51.3 Å². The number of carbonyl (C=O) groups is 1. The summed E-state index contributed by atoms with van der Waals surface area (Å²) < 4.78 is 10.1. The van der Waals surface area contributed by atoms with Crippen LogP contribution < -0.4 is 0 Å². The van der Waals surface area contributed by atoms with Gasteiger partial charge in [0.15, 0.2) is 11.5 Å². The van der Waals surface area contributed by atoms with E-state index in [0.717, 1.165) is 12.0 Å². The van der Waals surface area contributed by atoms with Crippen LogP contribution in [-0.2, 0) is 4.74 Å². The average Bonchev–Trinajstić information content (AvgIpc) is 2.97. The molecule has 0 atom stereocenters. The Bertz CT molecular complexity index is 554. The zero-order valence-electron chi connectivity index (χ0n) is 11.6. The summed E-state index contributed by atoms with van der Waals surface area (Å²) >= 11 is 0. The molecule has 0 aliphatic carbocycles.